The molecule has 1 N–H and O–H groups in total. The van der Waals surface area contributed by atoms with Gasteiger partial charge in [-0.3, -0.25) is 9.69 Å². The Labute approximate surface area is 123 Å². The number of hydrogen-bond donors (Lipinski definition) is 1. The molecule has 0 aliphatic carbocycles. The summed E-state index contributed by atoms with van der Waals surface area (Å²) in [6, 6.07) is 2.87. The lowest BCUT2D eigenvalue weighted by Gasteiger charge is -2.37. The van der Waals surface area contributed by atoms with Crippen molar-refractivity contribution in [3.8, 4) is 0 Å². The van der Waals surface area contributed by atoms with Crippen molar-refractivity contribution in [2.75, 3.05) is 38.2 Å². The third-order valence-corrected chi connectivity index (χ3v) is 3.71. The summed E-state index contributed by atoms with van der Waals surface area (Å²) in [7, 11) is 1.34. The molecule has 1 unspecified atom stereocenters. The maximum Gasteiger partial charge on any atom is 0.341 e. The number of pyridine rings is 1. The van der Waals surface area contributed by atoms with Crippen LogP contribution in [0.3, 0.4) is 0 Å². The summed E-state index contributed by atoms with van der Waals surface area (Å²) in [5, 5.41) is 9.04. The molecule has 21 heavy (non-hydrogen) atoms. The lowest BCUT2D eigenvalue weighted by atomic mass is 10.2. The van der Waals surface area contributed by atoms with Crippen molar-refractivity contribution in [1.29, 1.82) is 0 Å². The summed E-state index contributed by atoms with van der Waals surface area (Å²) < 4.78 is 4.76. The zero-order valence-electron chi connectivity index (χ0n) is 12.2. The number of esters is 1. The number of carboxylic acid groups (broad SMARTS) is 1. The Morgan fingerprint density at radius 1 is 1.33 bits per heavy atom. The van der Waals surface area contributed by atoms with Gasteiger partial charge >= 0.3 is 11.9 Å². The third kappa shape index (κ3) is 3.30. The van der Waals surface area contributed by atoms with Crippen LogP contribution in [0.1, 0.15) is 17.3 Å². The minimum atomic E-state index is -0.823. The van der Waals surface area contributed by atoms with Crippen LogP contribution in [0.4, 0.5) is 5.82 Å². The highest BCUT2D eigenvalue weighted by Gasteiger charge is 2.27. The van der Waals surface area contributed by atoms with Crippen LogP contribution in [0.25, 0.3) is 0 Å². The highest BCUT2D eigenvalue weighted by Crippen LogP contribution is 2.20. The van der Waals surface area contributed by atoms with Crippen LogP contribution < -0.4 is 4.90 Å². The van der Waals surface area contributed by atoms with Gasteiger partial charge in [0.15, 0.2) is 0 Å². The Morgan fingerprint density at radius 3 is 2.57 bits per heavy atom. The van der Waals surface area contributed by atoms with Crippen LogP contribution in [0.5, 0.6) is 0 Å². The van der Waals surface area contributed by atoms with E-state index in [9.17, 15) is 9.59 Å². The maximum absolute atomic E-state index is 11.8. The van der Waals surface area contributed by atoms with E-state index in [1.165, 1.54) is 7.11 Å². The maximum atomic E-state index is 11.8. The molecule has 1 aliphatic heterocycles. The van der Waals surface area contributed by atoms with E-state index in [2.05, 4.69) is 4.98 Å². The Morgan fingerprint density at radius 2 is 2.00 bits per heavy atom. The van der Waals surface area contributed by atoms with E-state index in [1.807, 2.05) is 9.80 Å². The molecular formula is C14H19N3O4. The second-order valence-electron chi connectivity index (χ2n) is 4.90. The van der Waals surface area contributed by atoms with E-state index in [0.29, 0.717) is 37.6 Å². The van der Waals surface area contributed by atoms with Crippen LogP contribution >= 0.6 is 0 Å². The molecule has 1 aromatic heterocycles. The van der Waals surface area contributed by atoms with E-state index in [0.717, 1.165) is 0 Å². The molecule has 2 rings (SSSR count). The van der Waals surface area contributed by atoms with Gasteiger partial charge in [-0.05, 0) is 19.1 Å². The second kappa shape index (κ2) is 6.53. The zero-order valence-corrected chi connectivity index (χ0v) is 12.2. The lowest BCUT2D eigenvalue weighted by Crippen LogP contribution is -2.52. The summed E-state index contributed by atoms with van der Waals surface area (Å²) in [6.07, 6.45) is 1.63. The predicted molar refractivity (Wildman–Crippen MR) is 76.5 cm³/mol. The van der Waals surface area contributed by atoms with Gasteiger partial charge in [-0.1, -0.05) is 0 Å². The van der Waals surface area contributed by atoms with E-state index in [4.69, 9.17) is 9.84 Å². The SMILES string of the molecule is COC(=O)c1cccnc1N1CCN(C(C)C(=O)O)CC1. The topological polar surface area (TPSA) is 83.0 Å². The van der Waals surface area contributed by atoms with Crippen molar-refractivity contribution in [2.45, 2.75) is 13.0 Å². The molecule has 2 heterocycles. The average Bonchev–Trinajstić information content (AvgIpc) is 2.53. The summed E-state index contributed by atoms with van der Waals surface area (Å²) in [5.74, 6) is -0.650. The van der Waals surface area contributed by atoms with E-state index < -0.39 is 18.0 Å². The monoisotopic (exact) mass is 293 g/mol. The Bertz CT molecular complexity index is 527. The minimum absolute atomic E-state index is 0.417. The molecule has 1 fully saturated rings. The molecule has 0 saturated carbocycles. The molecule has 7 heteroatoms. The number of rotatable bonds is 4. The predicted octanol–water partition coefficient (Wildman–Crippen LogP) is 0.463. The van der Waals surface area contributed by atoms with Crippen LogP contribution in [0.2, 0.25) is 0 Å². The third-order valence-electron chi connectivity index (χ3n) is 3.71. The standard InChI is InChI=1S/C14H19N3O4/c1-10(13(18)19)16-6-8-17(9-7-16)12-11(14(20)21-2)4-3-5-15-12/h3-5,10H,6-9H2,1-2H3,(H,18,19). The van der Waals surface area contributed by atoms with Crippen LogP contribution in [-0.2, 0) is 9.53 Å². The van der Waals surface area contributed by atoms with Crippen molar-refractivity contribution < 1.29 is 19.4 Å². The molecule has 114 valence electrons. The number of carbonyl (C=O) groups is 2. The highest BCUT2D eigenvalue weighted by atomic mass is 16.5. The molecule has 1 atom stereocenters. The molecule has 0 spiro atoms. The first-order valence-corrected chi connectivity index (χ1v) is 6.79. The quantitative estimate of drug-likeness (QED) is 0.808. The fourth-order valence-corrected chi connectivity index (χ4v) is 2.40. The number of ether oxygens (including phenoxy) is 1. The molecule has 0 radical (unpaired) electrons. The van der Waals surface area contributed by atoms with Gasteiger partial charge in [-0.2, -0.15) is 0 Å². The van der Waals surface area contributed by atoms with Crippen molar-refractivity contribution in [2.24, 2.45) is 0 Å². The molecule has 1 saturated heterocycles. The number of aromatic nitrogens is 1. The summed E-state index contributed by atoms with van der Waals surface area (Å²) in [6.45, 7) is 4.16. The minimum Gasteiger partial charge on any atom is -0.480 e. The number of methoxy groups -OCH3 is 1. The number of nitrogens with zero attached hydrogens (tertiary/aromatic N) is 3. The smallest absolute Gasteiger partial charge is 0.341 e. The number of hydrogen-bond acceptors (Lipinski definition) is 6. The first-order valence-electron chi connectivity index (χ1n) is 6.79. The molecule has 0 aromatic carbocycles. The largest absolute Gasteiger partial charge is 0.480 e. The summed E-state index contributed by atoms with van der Waals surface area (Å²) in [4.78, 5) is 30.9. The molecule has 1 aliphatic rings. The first-order chi connectivity index (χ1) is 10.0. The van der Waals surface area contributed by atoms with E-state index in [1.54, 1.807) is 25.3 Å². The summed E-state index contributed by atoms with van der Waals surface area (Å²) in [5.41, 5.74) is 0.430. The lowest BCUT2D eigenvalue weighted by molar-refractivity contribution is -0.142. The Hall–Kier alpha value is -2.15. The van der Waals surface area contributed by atoms with Gasteiger partial charge in [0.25, 0.3) is 0 Å². The van der Waals surface area contributed by atoms with E-state index in [-0.39, 0.29) is 0 Å². The number of carboxylic acids is 1. The fraction of sp³-hybridized carbons (Fsp3) is 0.500. The van der Waals surface area contributed by atoms with Crippen LogP contribution in [0, 0.1) is 0 Å². The van der Waals surface area contributed by atoms with E-state index >= 15 is 0 Å². The first kappa shape index (κ1) is 15.2. The zero-order chi connectivity index (χ0) is 15.4. The molecule has 0 bridgehead atoms. The van der Waals surface area contributed by atoms with Crippen molar-refractivity contribution in [1.82, 2.24) is 9.88 Å². The van der Waals surface area contributed by atoms with Gasteiger partial charge in [-0.15, -0.1) is 0 Å². The number of carbonyl (C=O) groups excluding carboxylic acids is 1. The van der Waals surface area contributed by atoms with Gasteiger partial charge in [0.1, 0.15) is 17.4 Å². The van der Waals surface area contributed by atoms with Crippen molar-refractivity contribution in [3.05, 3.63) is 23.9 Å². The fourth-order valence-electron chi connectivity index (χ4n) is 2.40. The Kier molecular flexibility index (Phi) is 4.74. The normalized spacial score (nSPS) is 17.3. The van der Waals surface area contributed by atoms with Crippen LogP contribution in [-0.4, -0.2) is 66.3 Å². The molecule has 1 aromatic rings. The van der Waals surface area contributed by atoms with Crippen LogP contribution in [0.15, 0.2) is 18.3 Å². The van der Waals surface area contributed by atoms with Gasteiger partial charge < -0.3 is 14.7 Å². The van der Waals surface area contributed by atoms with Crippen molar-refractivity contribution >= 4 is 17.8 Å². The average molecular weight is 293 g/mol. The molecular weight excluding hydrogens is 274 g/mol. The summed E-state index contributed by atoms with van der Waals surface area (Å²) >= 11 is 0. The number of aliphatic carboxylic acids is 1. The highest BCUT2D eigenvalue weighted by molar-refractivity contribution is 5.94. The van der Waals surface area contributed by atoms with Gasteiger partial charge in [-0.25, -0.2) is 9.78 Å². The van der Waals surface area contributed by atoms with Gasteiger partial charge in [0, 0.05) is 32.4 Å². The second-order valence-corrected chi connectivity index (χ2v) is 4.90. The van der Waals surface area contributed by atoms with Gasteiger partial charge in [0.2, 0.25) is 0 Å². The van der Waals surface area contributed by atoms with Crippen molar-refractivity contribution in [3.63, 3.8) is 0 Å². The molecule has 0 amide bonds. The molecule has 7 nitrogen and oxygen atoms in total. The van der Waals surface area contributed by atoms with Gasteiger partial charge in [0.05, 0.1) is 7.11 Å². The Balaban J connectivity index is 2.09. The number of anilines is 1. The number of piperazine rings is 1.